The van der Waals surface area contributed by atoms with Gasteiger partial charge in [0.1, 0.15) is 0 Å². The van der Waals surface area contributed by atoms with Crippen molar-refractivity contribution >= 4 is 7.29 Å². The largest absolute Gasteiger partial charge is 0.306 e. The fourth-order valence-electron chi connectivity index (χ4n) is 2.91. The average Bonchev–Trinajstić information content (AvgIpc) is 2.15. The molecule has 1 rings (SSSR count). The third-order valence-electron chi connectivity index (χ3n) is 4.61. The van der Waals surface area contributed by atoms with E-state index < -0.39 is 7.29 Å². The van der Waals surface area contributed by atoms with E-state index in [9.17, 15) is 4.57 Å². The predicted molar refractivity (Wildman–Crippen MR) is 67.8 cm³/mol. The molecule has 1 aliphatic heterocycles. The zero-order valence-electron chi connectivity index (χ0n) is 11.1. The van der Waals surface area contributed by atoms with Gasteiger partial charge in [0.05, 0.1) is 0 Å². The van der Waals surface area contributed by atoms with Gasteiger partial charge < -0.3 is 4.57 Å². The molecule has 0 amide bonds. The van der Waals surface area contributed by atoms with Gasteiger partial charge in [-0.1, -0.05) is 48.0 Å². The smallest absolute Gasteiger partial charge is 0.159 e. The number of unbranched alkanes of at least 4 members (excludes halogenated alkanes) is 1. The second-order valence-electron chi connectivity index (χ2n) is 5.90. The Morgan fingerprint density at radius 2 is 1.67 bits per heavy atom. The van der Waals surface area contributed by atoms with Crippen molar-refractivity contribution < 1.29 is 4.57 Å². The van der Waals surface area contributed by atoms with Crippen LogP contribution in [0.1, 0.15) is 54.4 Å². The van der Waals surface area contributed by atoms with Gasteiger partial charge in [0.25, 0.3) is 0 Å². The molecule has 0 aromatic rings. The fourth-order valence-corrected chi connectivity index (χ4v) is 7.21. The summed E-state index contributed by atoms with van der Waals surface area (Å²) in [6.45, 7) is 13.8. The van der Waals surface area contributed by atoms with E-state index in [4.69, 9.17) is 0 Å². The molecule has 1 saturated heterocycles. The molecule has 1 aliphatic rings. The topological polar surface area (TPSA) is 29.1 Å². The molecule has 0 radical (unpaired) electrons. The summed E-state index contributed by atoms with van der Waals surface area (Å²) in [5, 5.41) is 3.29. The molecule has 90 valence electrons. The molecule has 0 aromatic heterocycles. The SMILES string of the molecule is CCCCNP1(=O)C(C)(C)C(C)C1(C)C. The Bertz CT molecular complexity index is 263. The van der Waals surface area contributed by atoms with Crippen molar-refractivity contribution in [2.24, 2.45) is 5.92 Å². The van der Waals surface area contributed by atoms with Crippen LogP contribution in [0.5, 0.6) is 0 Å². The van der Waals surface area contributed by atoms with Crippen molar-refractivity contribution in [1.82, 2.24) is 5.09 Å². The molecule has 15 heavy (non-hydrogen) atoms. The number of nitrogens with one attached hydrogen (secondary N) is 1. The second kappa shape index (κ2) is 3.89. The Balaban J connectivity index is 2.78. The first kappa shape index (κ1) is 13.3. The van der Waals surface area contributed by atoms with Crippen molar-refractivity contribution in [3.8, 4) is 0 Å². The summed E-state index contributed by atoms with van der Waals surface area (Å²) in [5.41, 5.74) is 0. The van der Waals surface area contributed by atoms with Crippen LogP contribution >= 0.6 is 7.29 Å². The van der Waals surface area contributed by atoms with Crippen LogP contribution in [0.2, 0.25) is 0 Å². The van der Waals surface area contributed by atoms with Crippen molar-refractivity contribution in [3.05, 3.63) is 0 Å². The van der Waals surface area contributed by atoms with Gasteiger partial charge in [0.2, 0.25) is 0 Å². The van der Waals surface area contributed by atoms with E-state index in [0.717, 1.165) is 19.4 Å². The van der Waals surface area contributed by atoms with E-state index in [1.165, 1.54) is 0 Å². The standard InChI is InChI=1S/C12H26NOP/c1-7-8-9-13-15(14)11(3,4)10(2)12(15,5)6/h10H,7-9H2,1-6H3,(H,13,14). The summed E-state index contributed by atoms with van der Waals surface area (Å²) in [5.74, 6) is 0.518. The van der Waals surface area contributed by atoms with Crippen molar-refractivity contribution in [2.75, 3.05) is 6.54 Å². The van der Waals surface area contributed by atoms with Crippen molar-refractivity contribution in [3.63, 3.8) is 0 Å². The summed E-state index contributed by atoms with van der Waals surface area (Å²) < 4.78 is 12.9. The van der Waals surface area contributed by atoms with Gasteiger partial charge in [-0.2, -0.15) is 0 Å². The van der Waals surface area contributed by atoms with E-state index in [0.29, 0.717) is 5.92 Å². The van der Waals surface area contributed by atoms with Crippen LogP contribution < -0.4 is 5.09 Å². The van der Waals surface area contributed by atoms with Gasteiger partial charge in [0, 0.05) is 16.9 Å². The molecule has 0 aliphatic carbocycles. The van der Waals surface area contributed by atoms with Gasteiger partial charge in [0.15, 0.2) is 7.29 Å². The second-order valence-corrected chi connectivity index (χ2v) is 9.74. The molecule has 1 fully saturated rings. The van der Waals surface area contributed by atoms with Gasteiger partial charge in [-0.25, -0.2) is 0 Å². The van der Waals surface area contributed by atoms with Gasteiger partial charge >= 0.3 is 0 Å². The van der Waals surface area contributed by atoms with Gasteiger partial charge in [-0.3, -0.25) is 5.09 Å². The maximum Gasteiger partial charge on any atom is 0.159 e. The predicted octanol–water partition coefficient (Wildman–Crippen LogP) is 3.86. The van der Waals surface area contributed by atoms with Crippen LogP contribution in [0.4, 0.5) is 0 Å². The highest BCUT2D eigenvalue weighted by atomic mass is 31.2. The molecule has 0 bridgehead atoms. The number of hydrogen-bond donors (Lipinski definition) is 1. The third kappa shape index (κ3) is 1.61. The lowest BCUT2D eigenvalue weighted by molar-refractivity contribution is 0.262. The minimum atomic E-state index is -2.23. The number of rotatable bonds is 4. The van der Waals surface area contributed by atoms with E-state index in [1.54, 1.807) is 0 Å². The fraction of sp³-hybridized carbons (Fsp3) is 1.00. The lowest BCUT2D eigenvalue weighted by Gasteiger charge is -2.62. The first-order valence-electron chi connectivity index (χ1n) is 6.07. The first-order valence-corrected chi connectivity index (χ1v) is 7.78. The summed E-state index contributed by atoms with van der Waals surface area (Å²) in [7, 11) is -2.23. The zero-order valence-corrected chi connectivity index (χ0v) is 11.9. The monoisotopic (exact) mass is 231 g/mol. The normalized spacial score (nSPS) is 37.3. The molecule has 0 saturated carbocycles. The van der Waals surface area contributed by atoms with Crippen LogP contribution in [0, 0.1) is 5.92 Å². The van der Waals surface area contributed by atoms with Crippen LogP contribution in [0.25, 0.3) is 0 Å². The average molecular weight is 231 g/mol. The van der Waals surface area contributed by atoms with Gasteiger partial charge in [-0.15, -0.1) is 0 Å². The lowest BCUT2D eigenvalue weighted by atomic mass is 9.83. The van der Waals surface area contributed by atoms with E-state index in [-0.39, 0.29) is 10.3 Å². The van der Waals surface area contributed by atoms with Crippen LogP contribution in [-0.2, 0) is 4.57 Å². The highest BCUT2D eigenvalue weighted by molar-refractivity contribution is 7.66. The molecule has 0 unspecified atom stereocenters. The summed E-state index contributed by atoms with van der Waals surface area (Å²) in [4.78, 5) is 0. The molecule has 3 heteroatoms. The lowest BCUT2D eigenvalue weighted by Crippen LogP contribution is -2.61. The third-order valence-corrected chi connectivity index (χ3v) is 9.30. The van der Waals surface area contributed by atoms with Gasteiger partial charge in [-0.05, 0) is 12.3 Å². The highest BCUT2D eigenvalue weighted by Crippen LogP contribution is 2.79. The van der Waals surface area contributed by atoms with Crippen LogP contribution in [0.3, 0.4) is 0 Å². The number of hydrogen-bond acceptors (Lipinski definition) is 1. The minimum absolute atomic E-state index is 0.0375. The quantitative estimate of drug-likeness (QED) is 0.588. The Hall–Kier alpha value is 0.190. The maximum absolute atomic E-state index is 12.9. The molecule has 0 atom stereocenters. The maximum atomic E-state index is 12.9. The van der Waals surface area contributed by atoms with E-state index in [2.05, 4.69) is 46.6 Å². The Labute approximate surface area is 94.6 Å². The van der Waals surface area contributed by atoms with E-state index in [1.807, 2.05) is 0 Å². The van der Waals surface area contributed by atoms with E-state index >= 15 is 0 Å². The molecular formula is C12H26NOP. The Morgan fingerprint density at radius 1 is 1.20 bits per heavy atom. The molecule has 0 spiro atoms. The molecule has 1 heterocycles. The Morgan fingerprint density at radius 3 is 2.07 bits per heavy atom. The molecule has 1 N–H and O–H groups in total. The molecular weight excluding hydrogens is 205 g/mol. The molecule has 2 nitrogen and oxygen atoms in total. The zero-order chi connectivity index (χ0) is 11.9. The van der Waals surface area contributed by atoms with Crippen LogP contribution in [0.15, 0.2) is 0 Å². The summed E-state index contributed by atoms with van der Waals surface area (Å²) in [6, 6.07) is 0. The minimum Gasteiger partial charge on any atom is -0.306 e. The van der Waals surface area contributed by atoms with Crippen molar-refractivity contribution in [1.29, 1.82) is 0 Å². The van der Waals surface area contributed by atoms with Crippen LogP contribution in [-0.4, -0.2) is 16.9 Å². The first-order chi connectivity index (χ1) is 6.72. The summed E-state index contributed by atoms with van der Waals surface area (Å²) in [6.07, 6.45) is 2.27. The Kier molecular flexibility index (Phi) is 3.44. The summed E-state index contributed by atoms with van der Waals surface area (Å²) >= 11 is 0. The molecule has 0 aromatic carbocycles. The highest BCUT2D eigenvalue weighted by Gasteiger charge is 2.67. The van der Waals surface area contributed by atoms with Crippen molar-refractivity contribution in [2.45, 2.75) is 64.7 Å².